The van der Waals surface area contributed by atoms with Crippen molar-refractivity contribution in [1.29, 1.82) is 0 Å². The quantitative estimate of drug-likeness (QED) is 0.726. The molecule has 0 aliphatic heterocycles. The van der Waals surface area contributed by atoms with Crippen LogP contribution in [-0.2, 0) is 6.54 Å². The van der Waals surface area contributed by atoms with Gasteiger partial charge in [0.15, 0.2) is 0 Å². The molecule has 0 unspecified atom stereocenters. The average molecular weight is 236 g/mol. The molecule has 0 amide bonds. The van der Waals surface area contributed by atoms with Gasteiger partial charge < -0.3 is 4.90 Å². The van der Waals surface area contributed by atoms with Crippen LogP contribution in [0, 0.1) is 5.82 Å². The van der Waals surface area contributed by atoms with Crippen LogP contribution in [0.3, 0.4) is 0 Å². The first kappa shape index (κ1) is 11.8. The molecular weight excluding hydrogens is 224 g/mol. The van der Waals surface area contributed by atoms with E-state index < -0.39 is 0 Å². The van der Waals surface area contributed by atoms with Crippen molar-refractivity contribution >= 4 is 23.2 Å². The van der Waals surface area contributed by atoms with Crippen molar-refractivity contribution in [2.75, 3.05) is 19.5 Å². The lowest BCUT2D eigenvalue weighted by Crippen LogP contribution is -2.20. The van der Waals surface area contributed by atoms with Crippen LogP contribution in [-0.4, -0.2) is 24.4 Å². The van der Waals surface area contributed by atoms with E-state index in [0.29, 0.717) is 23.0 Å². The van der Waals surface area contributed by atoms with Gasteiger partial charge in [0.25, 0.3) is 0 Å². The van der Waals surface area contributed by atoms with Crippen molar-refractivity contribution in [1.82, 2.24) is 4.90 Å². The van der Waals surface area contributed by atoms with Crippen LogP contribution in [0.15, 0.2) is 18.2 Å². The summed E-state index contributed by atoms with van der Waals surface area (Å²) in [5, 5.41) is 0.422. The fourth-order valence-electron chi connectivity index (χ4n) is 1.16. The number of halogens is 3. The summed E-state index contributed by atoms with van der Waals surface area (Å²) in [6.45, 7) is 1.29. The first-order chi connectivity index (χ1) is 6.63. The first-order valence-corrected chi connectivity index (χ1v) is 5.23. The molecule has 0 aliphatic rings. The third-order valence-electron chi connectivity index (χ3n) is 1.92. The highest BCUT2D eigenvalue weighted by molar-refractivity contribution is 6.30. The van der Waals surface area contributed by atoms with Gasteiger partial charge in [-0.15, -0.1) is 11.6 Å². The fourth-order valence-corrected chi connectivity index (χ4v) is 1.61. The molecule has 0 radical (unpaired) electrons. The minimum absolute atomic E-state index is 0.265. The Kier molecular flexibility index (Phi) is 4.66. The molecule has 0 atom stereocenters. The van der Waals surface area contributed by atoms with Crippen LogP contribution >= 0.6 is 23.2 Å². The molecule has 14 heavy (non-hydrogen) atoms. The Morgan fingerprint density at radius 2 is 2.14 bits per heavy atom. The van der Waals surface area contributed by atoms with Crippen molar-refractivity contribution in [3.63, 3.8) is 0 Å². The summed E-state index contributed by atoms with van der Waals surface area (Å²) in [6, 6.07) is 4.71. The van der Waals surface area contributed by atoms with Gasteiger partial charge in [0.2, 0.25) is 0 Å². The highest BCUT2D eigenvalue weighted by Crippen LogP contribution is 2.15. The van der Waals surface area contributed by atoms with Gasteiger partial charge in [0.05, 0.1) is 0 Å². The molecule has 0 aromatic heterocycles. The SMILES string of the molecule is CN(CCCl)Cc1ccc(Cl)cc1F. The molecule has 0 spiro atoms. The predicted molar refractivity (Wildman–Crippen MR) is 58.5 cm³/mol. The van der Waals surface area contributed by atoms with Gasteiger partial charge >= 0.3 is 0 Å². The van der Waals surface area contributed by atoms with Crippen molar-refractivity contribution < 1.29 is 4.39 Å². The van der Waals surface area contributed by atoms with E-state index in [-0.39, 0.29) is 5.82 Å². The smallest absolute Gasteiger partial charge is 0.129 e. The van der Waals surface area contributed by atoms with E-state index in [0.717, 1.165) is 6.54 Å². The van der Waals surface area contributed by atoms with E-state index >= 15 is 0 Å². The van der Waals surface area contributed by atoms with Gasteiger partial charge in [-0.3, -0.25) is 0 Å². The van der Waals surface area contributed by atoms with Crippen molar-refractivity contribution in [2.45, 2.75) is 6.54 Å². The van der Waals surface area contributed by atoms with Crippen LogP contribution in [0.1, 0.15) is 5.56 Å². The number of hydrogen-bond donors (Lipinski definition) is 0. The monoisotopic (exact) mass is 235 g/mol. The molecule has 0 saturated heterocycles. The molecule has 1 nitrogen and oxygen atoms in total. The Morgan fingerprint density at radius 3 is 2.71 bits per heavy atom. The maximum absolute atomic E-state index is 13.3. The first-order valence-electron chi connectivity index (χ1n) is 4.32. The maximum Gasteiger partial charge on any atom is 0.129 e. The summed E-state index contributed by atoms with van der Waals surface area (Å²) in [7, 11) is 1.90. The van der Waals surface area contributed by atoms with Crippen LogP contribution in [0.5, 0.6) is 0 Å². The maximum atomic E-state index is 13.3. The minimum atomic E-state index is -0.265. The summed E-state index contributed by atoms with van der Waals surface area (Å²) >= 11 is 11.2. The summed E-state index contributed by atoms with van der Waals surface area (Å²) in [5.74, 6) is 0.282. The normalized spacial score (nSPS) is 10.9. The third kappa shape index (κ3) is 3.45. The molecular formula is C10H12Cl2FN. The molecule has 0 bridgehead atoms. The Morgan fingerprint density at radius 1 is 1.43 bits per heavy atom. The number of alkyl halides is 1. The standard InChI is InChI=1S/C10H12Cl2FN/c1-14(5-4-11)7-8-2-3-9(12)6-10(8)13/h2-3,6H,4-5,7H2,1H3. The zero-order valence-electron chi connectivity index (χ0n) is 7.93. The van der Waals surface area contributed by atoms with Crippen LogP contribution < -0.4 is 0 Å². The van der Waals surface area contributed by atoms with E-state index in [1.807, 2.05) is 11.9 Å². The van der Waals surface area contributed by atoms with Gasteiger partial charge in [-0.25, -0.2) is 4.39 Å². The van der Waals surface area contributed by atoms with Crippen LogP contribution in [0.4, 0.5) is 4.39 Å². The second-order valence-corrected chi connectivity index (χ2v) is 3.98. The van der Waals surface area contributed by atoms with E-state index in [4.69, 9.17) is 23.2 Å². The number of benzene rings is 1. The molecule has 78 valence electrons. The van der Waals surface area contributed by atoms with Gasteiger partial charge in [0, 0.05) is 29.6 Å². The van der Waals surface area contributed by atoms with Crippen molar-refractivity contribution in [2.24, 2.45) is 0 Å². The zero-order valence-corrected chi connectivity index (χ0v) is 9.45. The van der Waals surface area contributed by atoms with E-state index in [2.05, 4.69) is 0 Å². The Labute approximate surface area is 93.4 Å². The molecule has 0 heterocycles. The lowest BCUT2D eigenvalue weighted by atomic mass is 10.2. The number of nitrogens with zero attached hydrogens (tertiary/aromatic N) is 1. The minimum Gasteiger partial charge on any atom is -0.301 e. The van der Waals surface area contributed by atoms with Crippen LogP contribution in [0.2, 0.25) is 5.02 Å². The van der Waals surface area contributed by atoms with Crippen molar-refractivity contribution in [3.8, 4) is 0 Å². The molecule has 1 aromatic carbocycles. The fraction of sp³-hybridized carbons (Fsp3) is 0.400. The largest absolute Gasteiger partial charge is 0.301 e. The Hall–Kier alpha value is -0.310. The molecule has 1 aromatic rings. The van der Waals surface area contributed by atoms with Crippen LogP contribution in [0.25, 0.3) is 0 Å². The Balaban J connectivity index is 2.67. The second-order valence-electron chi connectivity index (χ2n) is 3.16. The highest BCUT2D eigenvalue weighted by Gasteiger charge is 2.05. The lowest BCUT2D eigenvalue weighted by molar-refractivity contribution is 0.341. The Bertz CT molecular complexity index is 304. The topological polar surface area (TPSA) is 3.24 Å². The molecule has 0 N–H and O–H groups in total. The third-order valence-corrected chi connectivity index (χ3v) is 2.33. The number of rotatable bonds is 4. The van der Waals surface area contributed by atoms with Gasteiger partial charge in [-0.1, -0.05) is 17.7 Å². The van der Waals surface area contributed by atoms with Gasteiger partial charge in [-0.2, -0.15) is 0 Å². The molecule has 0 fully saturated rings. The molecule has 1 rings (SSSR count). The van der Waals surface area contributed by atoms with E-state index in [1.54, 1.807) is 12.1 Å². The summed E-state index contributed by atoms with van der Waals surface area (Å²) in [6.07, 6.45) is 0. The lowest BCUT2D eigenvalue weighted by Gasteiger charge is -2.15. The summed E-state index contributed by atoms with van der Waals surface area (Å²) in [5.41, 5.74) is 0.641. The average Bonchev–Trinajstić information content (AvgIpc) is 2.10. The van der Waals surface area contributed by atoms with Gasteiger partial charge in [0.1, 0.15) is 5.82 Å². The molecule has 4 heteroatoms. The highest BCUT2D eigenvalue weighted by atomic mass is 35.5. The van der Waals surface area contributed by atoms with E-state index in [9.17, 15) is 4.39 Å². The summed E-state index contributed by atoms with van der Waals surface area (Å²) in [4.78, 5) is 1.96. The van der Waals surface area contributed by atoms with E-state index in [1.165, 1.54) is 6.07 Å². The molecule has 0 saturated carbocycles. The zero-order chi connectivity index (χ0) is 10.6. The predicted octanol–water partition coefficient (Wildman–Crippen LogP) is 3.15. The van der Waals surface area contributed by atoms with Crippen molar-refractivity contribution in [3.05, 3.63) is 34.6 Å². The molecule has 0 aliphatic carbocycles. The second kappa shape index (κ2) is 5.54. The number of hydrogen-bond acceptors (Lipinski definition) is 1. The summed E-state index contributed by atoms with van der Waals surface area (Å²) < 4.78 is 13.3. The van der Waals surface area contributed by atoms with Gasteiger partial charge in [-0.05, 0) is 19.2 Å².